The van der Waals surface area contributed by atoms with Gasteiger partial charge in [-0.3, -0.25) is 4.99 Å². The topological polar surface area (TPSA) is 63.5 Å². The molecule has 28 heavy (non-hydrogen) atoms. The summed E-state index contributed by atoms with van der Waals surface area (Å²) in [6, 6.07) is 7.22. The van der Waals surface area contributed by atoms with Gasteiger partial charge in [-0.15, -0.1) is 24.0 Å². The van der Waals surface area contributed by atoms with E-state index in [-0.39, 0.29) is 30.6 Å². The van der Waals surface area contributed by atoms with Gasteiger partial charge in [0.05, 0.1) is 12.9 Å². The van der Waals surface area contributed by atoms with Gasteiger partial charge in [0.25, 0.3) is 0 Å². The molecule has 0 fully saturated rings. The van der Waals surface area contributed by atoms with Crippen molar-refractivity contribution in [3.05, 3.63) is 54.1 Å². The van der Waals surface area contributed by atoms with E-state index < -0.39 is 12.8 Å². The zero-order chi connectivity index (χ0) is 19.5. The molecule has 2 rings (SSSR count). The van der Waals surface area contributed by atoms with Gasteiger partial charge in [0.15, 0.2) is 5.96 Å². The summed E-state index contributed by atoms with van der Waals surface area (Å²) in [5.41, 5.74) is 1.70. The molecule has 0 radical (unpaired) electrons. The Kier molecular flexibility index (Phi) is 10.9. The van der Waals surface area contributed by atoms with Gasteiger partial charge in [0.2, 0.25) is 0 Å². The average molecular weight is 511 g/mol. The second kappa shape index (κ2) is 12.6. The van der Waals surface area contributed by atoms with E-state index in [1.807, 2.05) is 22.9 Å². The number of benzene rings is 1. The van der Waals surface area contributed by atoms with Crippen molar-refractivity contribution in [1.82, 2.24) is 20.2 Å². The highest BCUT2D eigenvalue weighted by Crippen LogP contribution is 2.15. The second-order valence-corrected chi connectivity index (χ2v) is 5.93. The monoisotopic (exact) mass is 511 g/mol. The van der Waals surface area contributed by atoms with Crippen LogP contribution in [0.3, 0.4) is 0 Å². The minimum atomic E-state index is -4.30. The predicted octanol–water partition coefficient (Wildman–Crippen LogP) is 3.34. The van der Waals surface area contributed by atoms with Crippen molar-refractivity contribution in [3.8, 4) is 0 Å². The standard InChI is InChI=1S/C18H24F3N5O.HI/c1-22-17(24-7-2-9-26-10-8-23-14-26)25-11-15-3-5-16(6-4-15)12-27-13-18(19,20)21;/h3-6,8,10,14H,2,7,9,11-13H2,1H3,(H2,22,24,25);1H. The van der Waals surface area contributed by atoms with Crippen LogP contribution in [0.4, 0.5) is 13.2 Å². The highest BCUT2D eigenvalue weighted by molar-refractivity contribution is 14.0. The fourth-order valence-corrected chi connectivity index (χ4v) is 2.33. The molecular weight excluding hydrogens is 486 g/mol. The second-order valence-electron chi connectivity index (χ2n) is 5.93. The van der Waals surface area contributed by atoms with Crippen LogP contribution >= 0.6 is 24.0 Å². The van der Waals surface area contributed by atoms with E-state index in [0.717, 1.165) is 25.1 Å². The van der Waals surface area contributed by atoms with Crippen molar-refractivity contribution in [2.24, 2.45) is 4.99 Å². The van der Waals surface area contributed by atoms with Crippen molar-refractivity contribution >= 4 is 29.9 Å². The number of alkyl halides is 3. The van der Waals surface area contributed by atoms with Gasteiger partial charge < -0.3 is 19.9 Å². The quantitative estimate of drug-likeness (QED) is 0.235. The van der Waals surface area contributed by atoms with Gasteiger partial charge in [0.1, 0.15) is 6.61 Å². The number of nitrogens with one attached hydrogen (secondary N) is 2. The van der Waals surface area contributed by atoms with Crippen LogP contribution in [0, 0.1) is 0 Å². The minimum absolute atomic E-state index is 0. The molecule has 2 N–H and O–H groups in total. The molecule has 0 aliphatic rings. The molecule has 0 aliphatic carbocycles. The zero-order valence-electron chi connectivity index (χ0n) is 15.6. The van der Waals surface area contributed by atoms with E-state index in [9.17, 15) is 13.2 Å². The summed E-state index contributed by atoms with van der Waals surface area (Å²) in [6.45, 7) is 0.909. The molecule has 6 nitrogen and oxygen atoms in total. The largest absolute Gasteiger partial charge is 0.411 e. The van der Waals surface area contributed by atoms with E-state index in [1.165, 1.54) is 0 Å². The molecule has 1 aromatic carbocycles. The lowest BCUT2D eigenvalue weighted by Gasteiger charge is -2.12. The number of ether oxygens (including phenoxy) is 1. The Morgan fingerprint density at radius 1 is 1.18 bits per heavy atom. The van der Waals surface area contributed by atoms with E-state index in [4.69, 9.17) is 0 Å². The third-order valence-corrected chi connectivity index (χ3v) is 3.69. The van der Waals surface area contributed by atoms with Gasteiger partial charge in [0, 0.05) is 39.1 Å². The number of hydrogen-bond donors (Lipinski definition) is 2. The molecule has 0 aliphatic heterocycles. The van der Waals surface area contributed by atoms with Gasteiger partial charge >= 0.3 is 6.18 Å². The molecule has 0 saturated carbocycles. The Bertz CT molecular complexity index is 690. The van der Waals surface area contributed by atoms with Crippen molar-refractivity contribution in [2.75, 3.05) is 20.2 Å². The third-order valence-electron chi connectivity index (χ3n) is 3.69. The van der Waals surface area contributed by atoms with Crippen LogP contribution in [-0.2, 0) is 24.4 Å². The Hall–Kier alpha value is -1.82. The smallest absolute Gasteiger partial charge is 0.367 e. The first-order valence-corrected chi connectivity index (χ1v) is 8.59. The normalized spacial score (nSPS) is 11.8. The summed E-state index contributed by atoms with van der Waals surface area (Å²) in [5.74, 6) is 0.693. The summed E-state index contributed by atoms with van der Waals surface area (Å²) >= 11 is 0. The van der Waals surface area contributed by atoms with Crippen LogP contribution in [0.2, 0.25) is 0 Å². The highest BCUT2D eigenvalue weighted by atomic mass is 127. The SMILES string of the molecule is CN=C(NCCCn1ccnc1)NCc1ccc(COCC(F)(F)F)cc1.I. The first-order valence-electron chi connectivity index (χ1n) is 8.59. The molecule has 0 atom stereocenters. The van der Waals surface area contributed by atoms with Crippen molar-refractivity contribution in [1.29, 1.82) is 0 Å². The van der Waals surface area contributed by atoms with Crippen LogP contribution in [0.5, 0.6) is 0 Å². The number of hydrogen-bond acceptors (Lipinski definition) is 3. The first kappa shape index (κ1) is 24.2. The van der Waals surface area contributed by atoms with Crippen molar-refractivity contribution in [2.45, 2.75) is 32.3 Å². The molecule has 10 heteroatoms. The van der Waals surface area contributed by atoms with E-state index in [0.29, 0.717) is 18.1 Å². The molecule has 0 bridgehead atoms. The fourth-order valence-electron chi connectivity index (χ4n) is 2.33. The number of guanidine groups is 1. The Morgan fingerprint density at radius 3 is 2.50 bits per heavy atom. The molecule has 0 unspecified atom stereocenters. The number of imidazole rings is 1. The lowest BCUT2D eigenvalue weighted by Crippen LogP contribution is -2.37. The molecule has 1 heterocycles. The van der Waals surface area contributed by atoms with Gasteiger partial charge in [-0.1, -0.05) is 24.3 Å². The van der Waals surface area contributed by atoms with Crippen LogP contribution < -0.4 is 10.6 Å². The third kappa shape index (κ3) is 9.93. The summed E-state index contributed by atoms with van der Waals surface area (Å²) in [5, 5.41) is 6.44. The summed E-state index contributed by atoms with van der Waals surface area (Å²) in [4.78, 5) is 8.16. The lowest BCUT2D eigenvalue weighted by molar-refractivity contribution is -0.176. The van der Waals surface area contributed by atoms with Crippen molar-refractivity contribution < 1.29 is 17.9 Å². The number of aryl methyl sites for hydroxylation is 1. The van der Waals surface area contributed by atoms with Gasteiger partial charge in [-0.05, 0) is 17.5 Å². The van der Waals surface area contributed by atoms with Crippen LogP contribution in [0.15, 0.2) is 48.0 Å². The maximum absolute atomic E-state index is 12.1. The molecule has 156 valence electrons. The average Bonchev–Trinajstić information content (AvgIpc) is 3.15. The summed E-state index contributed by atoms with van der Waals surface area (Å²) < 4.78 is 42.8. The minimum Gasteiger partial charge on any atom is -0.367 e. The Labute approximate surface area is 179 Å². The molecule has 0 amide bonds. The van der Waals surface area contributed by atoms with E-state index >= 15 is 0 Å². The predicted molar refractivity (Wildman–Crippen MR) is 113 cm³/mol. The Morgan fingerprint density at radius 2 is 1.89 bits per heavy atom. The number of aromatic nitrogens is 2. The van der Waals surface area contributed by atoms with Crippen LogP contribution in [0.1, 0.15) is 17.5 Å². The molecule has 1 aromatic heterocycles. The number of rotatable bonds is 9. The van der Waals surface area contributed by atoms with E-state index in [2.05, 4.69) is 25.3 Å². The molecule has 0 saturated heterocycles. The van der Waals surface area contributed by atoms with Gasteiger partial charge in [-0.25, -0.2) is 4.98 Å². The first-order chi connectivity index (χ1) is 13.0. The maximum Gasteiger partial charge on any atom is 0.411 e. The summed E-state index contributed by atoms with van der Waals surface area (Å²) in [6.07, 6.45) is 2.09. The maximum atomic E-state index is 12.1. The van der Waals surface area contributed by atoms with E-state index in [1.54, 1.807) is 31.7 Å². The molecule has 0 spiro atoms. The number of aliphatic imine (C=N–C) groups is 1. The Balaban J connectivity index is 0.00000392. The van der Waals surface area contributed by atoms with Crippen molar-refractivity contribution in [3.63, 3.8) is 0 Å². The van der Waals surface area contributed by atoms with Gasteiger partial charge in [-0.2, -0.15) is 13.2 Å². The lowest BCUT2D eigenvalue weighted by atomic mass is 10.1. The van der Waals surface area contributed by atoms with Crippen LogP contribution in [-0.4, -0.2) is 41.9 Å². The number of halogens is 4. The zero-order valence-corrected chi connectivity index (χ0v) is 17.9. The molecule has 2 aromatic rings. The van der Waals surface area contributed by atoms with Crippen LogP contribution in [0.25, 0.3) is 0 Å². The fraction of sp³-hybridized carbons (Fsp3) is 0.444. The summed E-state index contributed by atoms with van der Waals surface area (Å²) in [7, 11) is 1.70. The molecular formula is C18H25F3IN5O. The highest BCUT2D eigenvalue weighted by Gasteiger charge is 2.27. The number of nitrogens with zero attached hydrogens (tertiary/aromatic N) is 3.